The van der Waals surface area contributed by atoms with Gasteiger partial charge in [-0.15, -0.1) is 0 Å². The van der Waals surface area contributed by atoms with Crippen LogP contribution in [0.4, 0.5) is 0 Å². The third-order valence-corrected chi connectivity index (χ3v) is 3.32. The Morgan fingerprint density at radius 3 is 2.63 bits per heavy atom. The zero-order valence-electron chi connectivity index (χ0n) is 12.3. The Bertz CT molecular complexity index is 299. The first-order valence-corrected chi connectivity index (χ1v) is 7.13. The van der Waals surface area contributed by atoms with Crippen LogP contribution in [0.25, 0.3) is 0 Å². The van der Waals surface area contributed by atoms with E-state index in [1.165, 1.54) is 7.11 Å². The summed E-state index contributed by atoms with van der Waals surface area (Å²) in [5.41, 5.74) is 0. The first kappa shape index (κ1) is 16.0. The second kappa shape index (κ2) is 8.15. The van der Waals surface area contributed by atoms with Crippen molar-refractivity contribution in [1.82, 2.24) is 10.2 Å². The Balaban J connectivity index is 2.55. The molecule has 1 N–H and O–H groups in total. The van der Waals surface area contributed by atoms with Gasteiger partial charge < -0.3 is 15.0 Å². The number of hydrogen-bond acceptors (Lipinski definition) is 4. The molecule has 0 aliphatic carbocycles. The van der Waals surface area contributed by atoms with E-state index in [1.807, 2.05) is 0 Å². The van der Waals surface area contributed by atoms with Crippen LogP contribution in [0, 0.1) is 5.92 Å². The Morgan fingerprint density at radius 1 is 1.37 bits per heavy atom. The number of hydrogen-bond donors (Lipinski definition) is 1. The third-order valence-electron chi connectivity index (χ3n) is 3.32. The van der Waals surface area contributed by atoms with E-state index in [4.69, 9.17) is 0 Å². The lowest BCUT2D eigenvalue weighted by Gasteiger charge is -2.31. The number of nitrogens with one attached hydrogen (secondary N) is 1. The number of carbonyl (C=O) groups excluding carboxylic acids is 2. The normalized spacial score (nSPS) is 19.3. The minimum absolute atomic E-state index is 0.0786. The van der Waals surface area contributed by atoms with Crippen molar-refractivity contribution in [2.45, 2.75) is 45.6 Å². The molecule has 5 nitrogen and oxygen atoms in total. The zero-order valence-corrected chi connectivity index (χ0v) is 12.3. The van der Waals surface area contributed by atoms with Crippen LogP contribution in [0.3, 0.4) is 0 Å². The number of amides is 1. The fraction of sp³-hybridized carbons (Fsp3) is 0.857. The summed E-state index contributed by atoms with van der Waals surface area (Å²) in [6, 6.07) is -0.0786. The highest BCUT2D eigenvalue weighted by atomic mass is 16.5. The fourth-order valence-electron chi connectivity index (χ4n) is 2.34. The highest BCUT2D eigenvalue weighted by Gasteiger charge is 2.26. The monoisotopic (exact) mass is 270 g/mol. The summed E-state index contributed by atoms with van der Waals surface area (Å²) < 4.78 is 4.64. The minimum Gasteiger partial charge on any atom is -0.469 e. The van der Waals surface area contributed by atoms with Gasteiger partial charge in [0.05, 0.1) is 19.6 Å². The Morgan fingerprint density at radius 2 is 2.11 bits per heavy atom. The van der Waals surface area contributed by atoms with Gasteiger partial charge in [-0.2, -0.15) is 0 Å². The van der Waals surface area contributed by atoms with E-state index in [-0.39, 0.29) is 24.3 Å². The number of methoxy groups -OCH3 is 1. The molecule has 5 heteroatoms. The maximum Gasteiger partial charge on any atom is 0.307 e. The largest absolute Gasteiger partial charge is 0.469 e. The third kappa shape index (κ3) is 5.59. The van der Waals surface area contributed by atoms with E-state index in [0.29, 0.717) is 19.0 Å². The second-order valence-electron chi connectivity index (χ2n) is 5.51. The lowest BCUT2D eigenvalue weighted by atomic mass is 10.0. The summed E-state index contributed by atoms with van der Waals surface area (Å²) in [4.78, 5) is 25.5. The van der Waals surface area contributed by atoms with Gasteiger partial charge >= 0.3 is 5.97 Å². The highest BCUT2D eigenvalue weighted by molar-refractivity contribution is 5.82. The maximum absolute atomic E-state index is 12.4. The molecule has 0 saturated carbocycles. The number of esters is 1. The number of rotatable bonds is 6. The lowest BCUT2D eigenvalue weighted by Crippen LogP contribution is -2.50. The quantitative estimate of drug-likeness (QED) is 0.736. The van der Waals surface area contributed by atoms with Gasteiger partial charge in [-0.25, -0.2) is 0 Å². The van der Waals surface area contributed by atoms with Crippen LogP contribution in [0.2, 0.25) is 0 Å². The van der Waals surface area contributed by atoms with Crippen molar-refractivity contribution in [3.05, 3.63) is 0 Å². The Kier molecular flexibility index (Phi) is 6.84. The van der Waals surface area contributed by atoms with E-state index in [9.17, 15) is 9.59 Å². The molecule has 0 aromatic carbocycles. The number of ether oxygens (including phenoxy) is 1. The van der Waals surface area contributed by atoms with E-state index < -0.39 is 0 Å². The molecule has 0 radical (unpaired) electrons. The zero-order chi connectivity index (χ0) is 14.3. The lowest BCUT2D eigenvalue weighted by molar-refractivity contribution is -0.142. The van der Waals surface area contributed by atoms with E-state index in [0.717, 1.165) is 25.8 Å². The smallest absolute Gasteiger partial charge is 0.307 e. The van der Waals surface area contributed by atoms with Crippen LogP contribution >= 0.6 is 0 Å². The van der Waals surface area contributed by atoms with Crippen molar-refractivity contribution in [1.29, 1.82) is 0 Å². The van der Waals surface area contributed by atoms with Crippen molar-refractivity contribution in [3.63, 3.8) is 0 Å². The van der Waals surface area contributed by atoms with E-state index in [1.54, 1.807) is 4.90 Å². The summed E-state index contributed by atoms with van der Waals surface area (Å²) in [7, 11) is 1.37. The SMILES string of the molecule is COC(=O)CCN(CC(C)C)C(=O)[C@@H]1CCCCN1. The van der Waals surface area contributed by atoms with Crippen LogP contribution in [0.5, 0.6) is 0 Å². The fourth-order valence-corrected chi connectivity index (χ4v) is 2.34. The first-order chi connectivity index (χ1) is 9.04. The standard InChI is InChI=1S/C14H26N2O3/c1-11(2)10-16(9-7-13(17)19-3)14(18)12-6-4-5-8-15-12/h11-12,15H,4-10H2,1-3H3/t12-/m0/s1. The average molecular weight is 270 g/mol. The molecule has 0 bridgehead atoms. The Hall–Kier alpha value is -1.10. The van der Waals surface area contributed by atoms with Crippen LogP contribution in [-0.2, 0) is 14.3 Å². The topological polar surface area (TPSA) is 58.6 Å². The number of carbonyl (C=O) groups is 2. The molecule has 0 spiro atoms. The molecule has 19 heavy (non-hydrogen) atoms. The molecule has 110 valence electrons. The van der Waals surface area contributed by atoms with Gasteiger partial charge in [0.25, 0.3) is 0 Å². The van der Waals surface area contributed by atoms with Gasteiger partial charge in [-0.05, 0) is 25.3 Å². The summed E-state index contributed by atoms with van der Waals surface area (Å²) in [5, 5.41) is 3.27. The molecular formula is C14H26N2O3. The molecule has 1 rings (SSSR count). The summed E-state index contributed by atoms with van der Waals surface area (Å²) in [6.45, 7) is 6.19. The number of nitrogens with zero attached hydrogens (tertiary/aromatic N) is 1. The van der Waals surface area contributed by atoms with Crippen LogP contribution in [0.1, 0.15) is 39.5 Å². The summed E-state index contributed by atoms with van der Waals surface area (Å²) in [6.07, 6.45) is 3.39. The van der Waals surface area contributed by atoms with Gasteiger partial charge in [-0.1, -0.05) is 20.3 Å². The van der Waals surface area contributed by atoms with Crippen molar-refractivity contribution in [2.24, 2.45) is 5.92 Å². The molecule has 0 unspecified atom stereocenters. The van der Waals surface area contributed by atoms with Crippen molar-refractivity contribution in [2.75, 3.05) is 26.7 Å². The molecule has 1 aliphatic heterocycles. The predicted octanol–water partition coefficient (Wildman–Crippen LogP) is 1.18. The molecule has 1 atom stereocenters. The average Bonchev–Trinajstić information content (AvgIpc) is 2.42. The predicted molar refractivity (Wildman–Crippen MR) is 73.7 cm³/mol. The van der Waals surface area contributed by atoms with E-state index >= 15 is 0 Å². The van der Waals surface area contributed by atoms with Crippen molar-refractivity contribution >= 4 is 11.9 Å². The van der Waals surface area contributed by atoms with Crippen LogP contribution in [-0.4, -0.2) is 49.6 Å². The van der Waals surface area contributed by atoms with Crippen LogP contribution in [0.15, 0.2) is 0 Å². The molecule has 1 fully saturated rings. The molecule has 1 saturated heterocycles. The van der Waals surface area contributed by atoms with Gasteiger partial charge in [-0.3, -0.25) is 9.59 Å². The van der Waals surface area contributed by atoms with Gasteiger partial charge in [0, 0.05) is 13.1 Å². The van der Waals surface area contributed by atoms with Crippen molar-refractivity contribution < 1.29 is 14.3 Å². The highest BCUT2D eigenvalue weighted by Crippen LogP contribution is 2.12. The molecule has 1 amide bonds. The first-order valence-electron chi connectivity index (χ1n) is 7.13. The summed E-state index contributed by atoms with van der Waals surface area (Å²) >= 11 is 0. The van der Waals surface area contributed by atoms with E-state index in [2.05, 4.69) is 23.9 Å². The summed E-state index contributed by atoms with van der Waals surface area (Å²) in [5.74, 6) is 0.251. The molecule has 1 heterocycles. The second-order valence-corrected chi connectivity index (χ2v) is 5.51. The molecule has 0 aromatic rings. The minimum atomic E-state index is -0.266. The van der Waals surface area contributed by atoms with Gasteiger partial charge in [0.1, 0.15) is 0 Å². The Labute approximate surface area is 115 Å². The molecule has 1 aliphatic rings. The molecular weight excluding hydrogens is 244 g/mol. The van der Waals surface area contributed by atoms with Crippen molar-refractivity contribution in [3.8, 4) is 0 Å². The molecule has 0 aromatic heterocycles. The van der Waals surface area contributed by atoms with Crippen LogP contribution < -0.4 is 5.32 Å². The number of piperidine rings is 1. The van der Waals surface area contributed by atoms with Gasteiger partial charge in [0.2, 0.25) is 5.91 Å². The maximum atomic E-state index is 12.4. The van der Waals surface area contributed by atoms with Gasteiger partial charge in [0.15, 0.2) is 0 Å².